The molecule has 34 heavy (non-hydrogen) atoms. The van der Waals surface area contributed by atoms with Crippen molar-refractivity contribution in [3.8, 4) is 0 Å². The first-order valence-corrected chi connectivity index (χ1v) is 12.6. The van der Waals surface area contributed by atoms with Gasteiger partial charge in [0.2, 0.25) is 5.91 Å². The van der Waals surface area contributed by atoms with Crippen LogP contribution < -0.4 is 5.32 Å². The Morgan fingerprint density at radius 1 is 1.15 bits per heavy atom. The van der Waals surface area contributed by atoms with Crippen LogP contribution in [-0.2, 0) is 11.3 Å². The Bertz CT molecular complexity index is 1190. The first-order valence-electron chi connectivity index (χ1n) is 12.6. The molecule has 6 heteroatoms. The zero-order valence-corrected chi connectivity index (χ0v) is 20.5. The molecular weight excluding hydrogens is 426 g/mol. The number of aromatic nitrogens is 1. The molecular formula is C28H35N3O3. The summed E-state index contributed by atoms with van der Waals surface area (Å²) in [5.41, 5.74) is 2.34. The number of carbonyl (C=O) groups excluding carboxylic acids is 2. The topological polar surface area (TPSA) is 67.5 Å². The van der Waals surface area contributed by atoms with Crippen molar-refractivity contribution in [3.05, 3.63) is 59.5 Å². The molecule has 0 saturated heterocycles. The van der Waals surface area contributed by atoms with E-state index >= 15 is 0 Å². The average Bonchev–Trinajstić information content (AvgIpc) is 3.22. The van der Waals surface area contributed by atoms with E-state index < -0.39 is 5.54 Å². The van der Waals surface area contributed by atoms with Crippen molar-refractivity contribution < 1.29 is 14.0 Å². The van der Waals surface area contributed by atoms with Gasteiger partial charge < -0.3 is 19.2 Å². The zero-order chi connectivity index (χ0) is 23.9. The molecule has 1 fully saturated rings. The van der Waals surface area contributed by atoms with Crippen LogP contribution in [0.4, 0.5) is 0 Å². The molecule has 180 valence electrons. The molecule has 1 aromatic carbocycles. The van der Waals surface area contributed by atoms with E-state index in [0.29, 0.717) is 24.4 Å². The van der Waals surface area contributed by atoms with Crippen molar-refractivity contribution in [3.63, 3.8) is 0 Å². The van der Waals surface area contributed by atoms with Gasteiger partial charge in [0, 0.05) is 24.7 Å². The Labute approximate surface area is 201 Å². The van der Waals surface area contributed by atoms with Gasteiger partial charge in [0.15, 0.2) is 5.58 Å². The van der Waals surface area contributed by atoms with Gasteiger partial charge in [-0.3, -0.25) is 9.59 Å². The van der Waals surface area contributed by atoms with Crippen LogP contribution in [0.5, 0.6) is 0 Å². The fraction of sp³-hybridized carbons (Fsp3) is 0.500. The molecule has 5 rings (SSSR count). The monoisotopic (exact) mass is 461 g/mol. The van der Waals surface area contributed by atoms with Gasteiger partial charge in [-0.15, -0.1) is 0 Å². The number of nitrogens with one attached hydrogen (secondary N) is 1. The van der Waals surface area contributed by atoms with Gasteiger partial charge in [0.05, 0.1) is 12.1 Å². The number of aryl methyl sites for hydroxylation is 1. The predicted octanol–water partition coefficient (Wildman–Crippen LogP) is 5.40. The maximum absolute atomic E-state index is 13.9. The molecule has 2 aliphatic rings. The third-order valence-electron chi connectivity index (χ3n) is 7.74. The second-order valence-corrected chi connectivity index (χ2v) is 10.4. The quantitative estimate of drug-likeness (QED) is 0.517. The van der Waals surface area contributed by atoms with Crippen molar-refractivity contribution in [1.29, 1.82) is 0 Å². The van der Waals surface area contributed by atoms with Crippen molar-refractivity contribution in [2.75, 3.05) is 6.54 Å². The smallest absolute Gasteiger partial charge is 0.271 e. The Morgan fingerprint density at radius 2 is 1.85 bits per heavy atom. The lowest BCUT2D eigenvalue weighted by Crippen LogP contribution is -2.65. The lowest BCUT2D eigenvalue weighted by atomic mass is 9.91. The summed E-state index contributed by atoms with van der Waals surface area (Å²) in [5.74, 6) is 0.733. The molecule has 0 radical (unpaired) electrons. The van der Waals surface area contributed by atoms with Gasteiger partial charge in [0.25, 0.3) is 5.91 Å². The summed E-state index contributed by atoms with van der Waals surface area (Å²) in [6.07, 6.45) is 6.77. The van der Waals surface area contributed by atoms with Gasteiger partial charge >= 0.3 is 0 Å². The van der Waals surface area contributed by atoms with Gasteiger partial charge in [-0.25, -0.2) is 0 Å². The molecule has 0 bridgehead atoms. The highest BCUT2D eigenvalue weighted by Crippen LogP contribution is 2.35. The minimum absolute atomic E-state index is 0.0549. The summed E-state index contributed by atoms with van der Waals surface area (Å²) < 4.78 is 7.80. The highest BCUT2D eigenvalue weighted by molar-refractivity contribution is 6.03. The minimum atomic E-state index is -0.990. The van der Waals surface area contributed by atoms with Crippen molar-refractivity contribution in [2.24, 2.45) is 0 Å². The molecule has 2 atom stereocenters. The summed E-state index contributed by atoms with van der Waals surface area (Å²) in [5, 5.41) is 3.34. The van der Waals surface area contributed by atoms with E-state index in [4.69, 9.17) is 4.42 Å². The van der Waals surface area contributed by atoms with Crippen LogP contribution in [0.15, 0.2) is 46.9 Å². The van der Waals surface area contributed by atoms with Crippen LogP contribution in [-0.4, -0.2) is 39.4 Å². The Hall–Kier alpha value is -3.02. The standard InChI is InChI=1S/C28H35N3O3/c1-19(21-11-7-6-8-12-21)17-31-26(32)24-16-25-23(15-20(2)34-25)30(24)18-28(31,3)27(33)29-22-13-9-4-5-10-14-22/h6-8,11-12,15-16,19,22H,4-5,9-10,13-14,17-18H2,1-3H3,(H,29,33). The van der Waals surface area contributed by atoms with E-state index in [0.717, 1.165) is 42.5 Å². The van der Waals surface area contributed by atoms with E-state index in [1.54, 1.807) is 4.90 Å². The SMILES string of the molecule is Cc1cc2c(cc3n2CC(C)(C(=O)NC2CCCCCC2)N(CC(C)c2ccccc2)C3=O)o1. The number of furan rings is 1. The van der Waals surface area contributed by atoms with Crippen LogP contribution in [0.3, 0.4) is 0 Å². The normalized spacial score (nSPS) is 22.4. The molecule has 1 aliphatic carbocycles. The van der Waals surface area contributed by atoms with Gasteiger partial charge in [-0.1, -0.05) is 62.9 Å². The van der Waals surface area contributed by atoms with Crippen LogP contribution in [0.25, 0.3) is 11.1 Å². The van der Waals surface area contributed by atoms with E-state index in [1.807, 2.05) is 48.7 Å². The number of hydrogen-bond donors (Lipinski definition) is 1. The summed E-state index contributed by atoms with van der Waals surface area (Å²) >= 11 is 0. The molecule has 2 unspecified atom stereocenters. The number of fused-ring (bicyclic) bond motifs is 3. The average molecular weight is 462 g/mol. The first-order chi connectivity index (χ1) is 16.4. The number of hydrogen-bond acceptors (Lipinski definition) is 3. The molecule has 2 amide bonds. The summed E-state index contributed by atoms with van der Waals surface area (Å²) in [6.45, 7) is 6.84. The van der Waals surface area contributed by atoms with E-state index in [-0.39, 0.29) is 23.8 Å². The van der Waals surface area contributed by atoms with Gasteiger partial charge in [0.1, 0.15) is 17.0 Å². The highest BCUT2D eigenvalue weighted by Gasteiger charge is 2.48. The van der Waals surface area contributed by atoms with Crippen LogP contribution in [0.1, 0.15) is 80.1 Å². The second-order valence-electron chi connectivity index (χ2n) is 10.4. The molecule has 3 aromatic rings. The fourth-order valence-corrected chi connectivity index (χ4v) is 5.67. The lowest BCUT2D eigenvalue weighted by Gasteiger charge is -2.45. The van der Waals surface area contributed by atoms with Gasteiger partial charge in [-0.2, -0.15) is 0 Å². The lowest BCUT2D eigenvalue weighted by molar-refractivity contribution is -0.133. The Kier molecular flexibility index (Phi) is 6.00. The molecule has 1 saturated carbocycles. The van der Waals surface area contributed by atoms with E-state index in [2.05, 4.69) is 24.4 Å². The summed E-state index contributed by atoms with van der Waals surface area (Å²) in [6, 6.07) is 14.2. The van der Waals surface area contributed by atoms with Gasteiger partial charge in [-0.05, 0) is 38.2 Å². The summed E-state index contributed by atoms with van der Waals surface area (Å²) in [7, 11) is 0. The van der Waals surface area contributed by atoms with E-state index in [1.165, 1.54) is 12.8 Å². The number of carbonyl (C=O) groups is 2. The Morgan fingerprint density at radius 3 is 2.56 bits per heavy atom. The Balaban J connectivity index is 1.50. The van der Waals surface area contributed by atoms with Crippen LogP contribution in [0, 0.1) is 6.92 Å². The van der Waals surface area contributed by atoms with Crippen LogP contribution >= 0.6 is 0 Å². The molecule has 6 nitrogen and oxygen atoms in total. The third kappa shape index (κ3) is 4.04. The van der Waals surface area contributed by atoms with E-state index in [9.17, 15) is 9.59 Å². The number of amides is 2. The molecule has 0 spiro atoms. The number of rotatable bonds is 5. The van der Waals surface area contributed by atoms with Crippen molar-refractivity contribution in [2.45, 2.75) is 83.3 Å². The second kappa shape index (κ2) is 8.97. The maximum atomic E-state index is 13.9. The van der Waals surface area contributed by atoms with Crippen molar-refractivity contribution in [1.82, 2.24) is 14.8 Å². The molecule has 3 heterocycles. The predicted molar refractivity (Wildman–Crippen MR) is 133 cm³/mol. The first kappa shape index (κ1) is 22.8. The summed E-state index contributed by atoms with van der Waals surface area (Å²) in [4.78, 5) is 29.6. The largest absolute Gasteiger partial charge is 0.460 e. The molecule has 2 aromatic heterocycles. The minimum Gasteiger partial charge on any atom is -0.460 e. The maximum Gasteiger partial charge on any atom is 0.271 e. The highest BCUT2D eigenvalue weighted by atomic mass is 16.3. The number of nitrogens with zero attached hydrogens (tertiary/aromatic N) is 2. The van der Waals surface area contributed by atoms with Crippen molar-refractivity contribution >= 4 is 22.9 Å². The fourth-order valence-electron chi connectivity index (χ4n) is 5.67. The molecule has 1 N–H and O–H groups in total. The molecule has 1 aliphatic heterocycles. The van der Waals surface area contributed by atoms with Crippen LogP contribution in [0.2, 0.25) is 0 Å². The third-order valence-corrected chi connectivity index (χ3v) is 7.74. The number of benzene rings is 1. The zero-order valence-electron chi connectivity index (χ0n) is 20.5.